The maximum atomic E-state index is 13.7. The summed E-state index contributed by atoms with van der Waals surface area (Å²) in [6, 6.07) is 6.11. The highest BCUT2D eigenvalue weighted by atomic mass is 16.7. The van der Waals surface area contributed by atoms with Gasteiger partial charge in [-0.15, -0.1) is 0 Å². The Balaban J connectivity index is 1.67. The van der Waals surface area contributed by atoms with Gasteiger partial charge in [0, 0.05) is 24.6 Å². The third-order valence-corrected chi connectivity index (χ3v) is 7.15. The van der Waals surface area contributed by atoms with Gasteiger partial charge in [0.2, 0.25) is 0 Å². The SMILES string of the molecule is C/C=C1/CN[C@H]2C[C@@]3(C(=O)N(OC)c4cc(OC)ccc43)[C@H]3C[C@@H]1[C@@H]2CO3. The van der Waals surface area contributed by atoms with E-state index in [4.69, 9.17) is 14.3 Å². The molecule has 4 aliphatic heterocycles. The first-order chi connectivity index (χ1) is 13.1. The molecule has 6 nitrogen and oxygen atoms in total. The van der Waals surface area contributed by atoms with E-state index in [1.54, 1.807) is 14.2 Å². The van der Waals surface area contributed by atoms with Crippen LogP contribution in [0.1, 0.15) is 25.3 Å². The van der Waals surface area contributed by atoms with Crippen molar-refractivity contribution >= 4 is 11.6 Å². The number of hydrogen-bond acceptors (Lipinski definition) is 5. The smallest absolute Gasteiger partial charge is 0.264 e. The number of methoxy groups -OCH3 is 1. The van der Waals surface area contributed by atoms with Crippen LogP contribution < -0.4 is 15.1 Å². The summed E-state index contributed by atoms with van der Waals surface area (Å²) in [4.78, 5) is 19.2. The Bertz CT molecular complexity index is 822. The molecule has 4 bridgehead atoms. The number of carbonyl (C=O) groups excluding carboxylic acids is 1. The van der Waals surface area contributed by atoms with Crippen molar-refractivity contribution in [1.29, 1.82) is 0 Å². The van der Waals surface area contributed by atoms with Gasteiger partial charge in [-0.1, -0.05) is 17.7 Å². The van der Waals surface area contributed by atoms with E-state index in [9.17, 15) is 4.79 Å². The van der Waals surface area contributed by atoms with Crippen molar-refractivity contribution in [2.45, 2.75) is 37.3 Å². The number of carbonyl (C=O) groups is 1. The molecule has 6 rings (SSSR count). The lowest BCUT2D eigenvalue weighted by Crippen LogP contribution is -2.50. The zero-order chi connectivity index (χ0) is 18.8. The van der Waals surface area contributed by atoms with Gasteiger partial charge < -0.3 is 14.8 Å². The van der Waals surface area contributed by atoms with Crippen molar-refractivity contribution in [1.82, 2.24) is 5.32 Å². The van der Waals surface area contributed by atoms with E-state index >= 15 is 0 Å². The van der Waals surface area contributed by atoms with Crippen LogP contribution in [0.4, 0.5) is 5.69 Å². The predicted octanol–water partition coefficient (Wildman–Crippen LogP) is 2.18. The van der Waals surface area contributed by atoms with Gasteiger partial charge in [-0.3, -0.25) is 9.63 Å². The Morgan fingerprint density at radius 3 is 2.96 bits per heavy atom. The summed E-state index contributed by atoms with van der Waals surface area (Å²) < 4.78 is 11.7. The van der Waals surface area contributed by atoms with Crippen LogP contribution in [0.3, 0.4) is 0 Å². The summed E-state index contributed by atoms with van der Waals surface area (Å²) >= 11 is 0. The Morgan fingerprint density at radius 2 is 2.22 bits per heavy atom. The highest BCUT2D eigenvalue weighted by molar-refractivity contribution is 6.07. The molecule has 5 atom stereocenters. The average molecular weight is 370 g/mol. The molecule has 1 saturated carbocycles. The standard InChI is InChI=1S/C21H26N2O4/c1-4-12-10-22-17-9-21(19-8-14(12)15(17)11-27-19)16-6-5-13(25-2)7-18(16)23(26-3)20(21)24/h4-7,14-15,17,19,22H,8-11H2,1-3H3/b12-4-/t14-,15-,17-,19+,21-/m0/s1. The van der Waals surface area contributed by atoms with E-state index < -0.39 is 5.41 Å². The molecule has 0 radical (unpaired) electrons. The molecule has 0 unspecified atom stereocenters. The van der Waals surface area contributed by atoms with E-state index in [0.717, 1.165) is 30.6 Å². The maximum Gasteiger partial charge on any atom is 0.264 e. The number of ether oxygens (including phenoxy) is 2. The fourth-order valence-corrected chi connectivity index (χ4v) is 5.81. The fraction of sp³-hybridized carbons (Fsp3) is 0.571. The summed E-state index contributed by atoms with van der Waals surface area (Å²) in [6.07, 6.45) is 3.72. The minimum absolute atomic E-state index is 0.0183. The lowest BCUT2D eigenvalue weighted by atomic mass is 9.72. The zero-order valence-electron chi connectivity index (χ0n) is 16.0. The average Bonchev–Trinajstić information content (AvgIpc) is 2.80. The van der Waals surface area contributed by atoms with E-state index in [0.29, 0.717) is 24.2 Å². The van der Waals surface area contributed by atoms with Crippen molar-refractivity contribution in [3.05, 3.63) is 35.4 Å². The largest absolute Gasteiger partial charge is 0.497 e. The first kappa shape index (κ1) is 17.2. The number of fused-ring (bicyclic) bond motifs is 2. The summed E-state index contributed by atoms with van der Waals surface area (Å²) in [6.45, 7) is 3.72. The van der Waals surface area contributed by atoms with Crippen molar-refractivity contribution < 1.29 is 19.1 Å². The van der Waals surface area contributed by atoms with Crippen LogP contribution in [0.15, 0.2) is 29.8 Å². The number of anilines is 1. The van der Waals surface area contributed by atoms with Gasteiger partial charge in [0.05, 0.1) is 32.6 Å². The molecular formula is C21H26N2O4. The van der Waals surface area contributed by atoms with E-state index in [-0.39, 0.29) is 18.1 Å². The molecule has 1 aliphatic carbocycles. The summed E-state index contributed by atoms with van der Waals surface area (Å²) in [5.41, 5.74) is 2.52. The molecule has 6 heteroatoms. The summed E-state index contributed by atoms with van der Waals surface area (Å²) in [7, 11) is 3.18. The molecule has 27 heavy (non-hydrogen) atoms. The van der Waals surface area contributed by atoms with Crippen molar-refractivity contribution in [3.8, 4) is 5.75 Å². The molecule has 1 aromatic carbocycles. The molecule has 1 amide bonds. The number of allylic oxidation sites excluding steroid dienone is 1. The van der Waals surface area contributed by atoms with Gasteiger partial charge in [-0.25, -0.2) is 0 Å². The van der Waals surface area contributed by atoms with E-state index in [1.807, 2.05) is 18.2 Å². The van der Waals surface area contributed by atoms with Crippen LogP contribution in [0.2, 0.25) is 0 Å². The Morgan fingerprint density at radius 1 is 1.37 bits per heavy atom. The van der Waals surface area contributed by atoms with Crippen molar-refractivity contribution in [2.24, 2.45) is 11.8 Å². The molecule has 1 aromatic rings. The lowest BCUT2D eigenvalue weighted by molar-refractivity contribution is -0.137. The second-order valence-electron chi connectivity index (χ2n) is 8.02. The highest BCUT2D eigenvalue weighted by Crippen LogP contribution is 2.56. The molecule has 4 heterocycles. The third-order valence-electron chi connectivity index (χ3n) is 7.15. The number of nitrogens with zero attached hydrogens (tertiary/aromatic N) is 1. The zero-order valence-corrected chi connectivity index (χ0v) is 16.0. The molecule has 3 saturated heterocycles. The van der Waals surface area contributed by atoms with Crippen LogP contribution >= 0.6 is 0 Å². The summed E-state index contributed by atoms with van der Waals surface area (Å²) in [5.74, 6) is 1.61. The Labute approximate surface area is 159 Å². The quantitative estimate of drug-likeness (QED) is 0.809. The monoisotopic (exact) mass is 370 g/mol. The van der Waals surface area contributed by atoms with Gasteiger partial charge in [0.25, 0.3) is 5.91 Å². The lowest BCUT2D eigenvalue weighted by Gasteiger charge is -2.42. The molecular weight excluding hydrogens is 344 g/mol. The number of hydrogen-bond donors (Lipinski definition) is 1. The normalized spacial score (nSPS) is 38.4. The third kappa shape index (κ3) is 2.15. The minimum atomic E-state index is -0.706. The molecule has 1 N–H and O–H groups in total. The first-order valence-electron chi connectivity index (χ1n) is 9.71. The molecule has 0 aromatic heterocycles. The van der Waals surface area contributed by atoms with Crippen LogP contribution in [0, 0.1) is 11.8 Å². The number of hydroxylamine groups is 1. The Kier molecular flexibility index (Phi) is 3.86. The topological polar surface area (TPSA) is 60.0 Å². The van der Waals surface area contributed by atoms with Crippen LogP contribution in [0.5, 0.6) is 5.75 Å². The van der Waals surface area contributed by atoms with Crippen LogP contribution in [-0.4, -0.2) is 45.4 Å². The highest BCUT2D eigenvalue weighted by Gasteiger charge is 2.63. The second-order valence-corrected chi connectivity index (χ2v) is 8.02. The van der Waals surface area contributed by atoms with Gasteiger partial charge >= 0.3 is 0 Å². The predicted molar refractivity (Wildman–Crippen MR) is 101 cm³/mol. The van der Waals surface area contributed by atoms with Crippen LogP contribution in [0.25, 0.3) is 0 Å². The summed E-state index contributed by atoms with van der Waals surface area (Å²) in [5, 5.41) is 5.12. The number of piperidine rings is 1. The number of nitrogens with one attached hydrogen (secondary N) is 1. The Hall–Kier alpha value is -1.89. The minimum Gasteiger partial charge on any atom is -0.497 e. The molecule has 144 valence electrons. The van der Waals surface area contributed by atoms with Gasteiger partial charge in [-0.2, -0.15) is 5.06 Å². The number of benzene rings is 1. The first-order valence-corrected chi connectivity index (χ1v) is 9.71. The number of rotatable bonds is 2. The van der Waals surface area contributed by atoms with Crippen LogP contribution in [-0.2, 0) is 19.8 Å². The molecule has 4 fully saturated rings. The van der Waals surface area contributed by atoms with E-state index in [1.165, 1.54) is 10.6 Å². The fourth-order valence-electron chi connectivity index (χ4n) is 5.81. The van der Waals surface area contributed by atoms with Crippen molar-refractivity contribution in [2.75, 3.05) is 32.4 Å². The van der Waals surface area contributed by atoms with Gasteiger partial charge in [0.1, 0.15) is 11.2 Å². The van der Waals surface area contributed by atoms with Crippen molar-refractivity contribution in [3.63, 3.8) is 0 Å². The van der Waals surface area contributed by atoms with E-state index in [2.05, 4.69) is 18.3 Å². The molecule has 5 aliphatic rings. The van der Waals surface area contributed by atoms with Gasteiger partial charge in [-0.05, 0) is 37.3 Å². The second kappa shape index (κ2) is 6.06. The maximum absolute atomic E-state index is 13.7. The molecule has 1 spiro atoms. The van der Waals surface area contributed by atoms with Gasteiger partial charge in [0.15, 0.2) is 0 Å². The number of amides is 1.